The molecular formula is C61H60O11S. The van der Waals surface area contributed by atoms with Gasteiger partial charge in [-0.05, 0) is 53.4 Å². The van der Waals surface area contributed by atoms with Gasteiger partial charge < -0.3 is 47.4 Å². The molecule has 376 valence electrons. The van der Waals surface area contributed by atoms with E-state index in [2.05, 4.69) is 0 Å². The predicted octanol–water partition coefficient (Wildman–Crippen LogP) is 11.2. The summed E-state index contributed by atoms with van der Waals surface area (Å²) in [5.74, 6) is -0.547. The maximum Gasteiger partial charge on any atom is 0.338 e. The first-order valence-corrected chi connectivity index (χ1v) is 25.7. The summed E-state index contributed by atoms with van der Waals surface area (Å²) in [6.07, 6.45) is -8.68. The Morgan fingerprint density at radius 2 is 1.03 bits per heavy atom. The molecule has 11 atom stereocenters. The first kappa shape index (κ1) is 50.5. The van der Waals surface area contributed by atoms with E-state index in [4.69, 9.17) is 47.4 Å². The Kier molecular flexibility index (Phi) is 17.5. The van der Waals surface area contributed by atoms with Crippen LogP contribution in [0.2, 0.25) is 0 Å². The number of hydrogen-bond acceptors (Lipinski definition) is 12. The van der Waals surface area contributed by atoms with Crippen LogP contribution in [0.3, 0.4) is 0 Å². The van der Waals surface area contributed by atoms with Crippen LogP contribution in [0.1, 0.15) is 50.0 Å². The van der Waals surface area contributed by atoms with E-state index in [-0.39, 0.29) is 33.0 Å². The molecule has 0 radical (unpaired) electrons. The number of aryl methyl sites for hydroxylation is 1. The van der Waals surface area contributed by atoms with Gasteiger partial charge in [0.15, 0.2) is 18.7 Å². The van der Waals surface area contributed by atoms with Crippen LogP contribution in [0, 0.1) is 6.92 Å². The Bertz CT molecular complexity index is 2720. The molecule has 0 aliphatic carbocycles. The lowest BCUT2D eigenvalue weighted by molar-refractivity contribution is -0.375. The maximum absolute atomic E-state index is 14.4. The van der Waals surface area contributed by atoms with Crippen molar-refractivity contribution in [2.45, 2.75) is 105 Å². The number of thioether (sulfide) groups is 1. The molecule has 1 unspecified atom stereocenters. The van der Waals surface area contributed by atoms with Crippen molar-refractivity contribution in [3.63, 3.8) is 0 Å². The largest absolute Gasteiger partial charge is 0.452 e. The molecule has 3 saturated heterocycles. The van der Waals surface area contributed by atoms with E-state index in [0.717, 1.165) is 38.3 Å². The van der Waals surface area contributed by atoms with Gasteiger partial charge in [0.1, 0.15) is 48.2 Å². The molecule has 7 aromatic carbocycles. The normalized spacial score (nSPS) is 25.8. The van der Waals surface area contributed by atoms with Crippen LogP contribution in [0.25, 0.3) is 0 Å². The lowest BCUT2D eigenvalue weighted by Crippen LogP contribution is -2.67. The number of rotatable bonds is 20. The van der Waals surface area contributed by atoms with Gasteiger partial charge in [-0.2, -0.15) is 0 Å². The van der Waals surface area contributed by atoms with Gasteiger partial charge in [-0.15, -0.1) is 0 Å². The topological polar surface area (TPSA) is 109 Å². The monoisotopic (exact) mass is 1000 g/mol. The van der Waals surface area contributed by atoms with Crippen molar-refractivity contribution in [2.75, 3.05) is 13.2 Å². The molecule has 0 aromatic heterocycles. The SMILES string of the molecule is Cc1ccc(S[C@@H]2O[C@@H]3COC(c4ccccc4)O[C@@H]3[C@H](O[C@H]3O[C@H](COCc4ccccc4)[C@H](OCc4ccccc4)[C@H](OCc4ccccc4)[C@H]3OCc3ccccc3)[C@H]2OC(=O)c2ccccc2)cc1. The van der Waals surface area contributed by atoms with Crippen LogP contribution in [-0.2, 0) is 73.8 Å². The molecule has 10 rings (SSSR count). The van der Waals surface area contributed by atoms with Crippen LogP contribution < -0.4 is 0 Å². The molecule has 0 N–H and O–H groups in total. The number of esters is 1. The van der Waals surface area contributed by atoms with Crippen molar-refractivity contribution >= 4 is 17.7 Å². The predicted molar refractivity (Wildman–Crippen MR) is 276 cm³/mol. The second-order valence-corrected chi connectivity index (χ2v) is 19.5. The average Bonchev–Trinajstić information content (AvgIpc) is 3.44. The van der Waals surface area contributed by atoms with Gasteiger partial charge in [-0.25, -0.2) is 4.79 Å². The van der Waals surface area contributed by atoms with E-state index in [1.165, 1.54) is 11.8 Å². The molecule has 0 spiro atoms. The summed E-state index contributed by atoms with van der Waals surface area (Å²) in [4.78, 5) is 15.3. The van der Waals surface area contributed by atoms with Crippen molar-refractivity contribution in [1.29, 1.82) is 0 Å². The Balaban J connectivity index is 1.06. The number of hydrogen-bond donors (Lipinski definition) is 0. The highest BCUT2D eigenvalue weighted by Crippen LogP contribution is 2.43. The van der Waals surface area contributed by atoms with Crippen LogP contribution in [0.15, 0.2) is 211 Å². The van der Waals surface area contributed by atoms with Crippen molar-refractivity contribution in [2.24, 2.45) is 0 Å². The van der Waals surface area contributed by atoms with Gasteiger partial charge in [-0.1, -0.05) is 199 Å². The van der Waals surface area contributed by atoms with Crippen LogP contribution in [-0.4, -0.2) is 79.7 Å². The molecule has 0 bridgehead atoms. The Hall–Kier alpha value is -6.00. The van der Waals surface area contributed by atoms with Gasteiger partial charge in [0.25, 0.3) is 0 Å². The van der Waals surface area contributed by atoms with Crippen molar-refractivity contribution in [1.82, 2.24) is 0 Å². The Morgan fingerprint density at radius 1 is 0.521 bits per heavy atom. The minimum absolute atomic E-state index is 0.114. The third-order valence-electron chi connectivity index (χ3n) is 13.0. The van der Waals surface area contributed by atoms with E-state index in [1.807, 2.05) is 189 Å². The first-order valence-electron chi connectivity index (χ1n) is 24.9. The minimum Gasteiger partial charge on any atom is -0.452 e. The van der Waals surface area contributed by atoms with Crippen molar-refractivity contribution in [3.8, 4) is 0 Å². The molecule has 0 saturated carbocycles. The molecule has 0 amide bonds. The van der Waals surface area contributed by atoms with Gasteiger partial charge in [0, 0.05) is 10.5 Å². The fourth-order valence-corrected chi connectivity index (χ4v) is 10.3. The zero-order valence-corrected chi connectivity index (χ0v) is 41.4. The van der Waals surface area contributed by atoms with Gasteiger partial charge in [0.05, 0.1) is 45.2 Å². The minimum atomic E-state index is -1.17. The van der Waals surface area contributed by atoms with Crippen molar-refractivity contribution < 1.29 is 52.2 Å². The average molecular weight is 1000 g/mol. The molecule has 12 heteroatoms. The summed E-state index contributed by atoms with van der Waals surface area (Å²) in [5, 5.41) is 0. The maximum atomic E-state index is 14.4. The molecular weight excluding hydrogens is 941 g/mol. The van der Waals surface area contributed by atoms with Crippen molar-refractivity contribution in [3.05, 3.63) is 245 Å². The molecule has 3 aliphatic heterocycles. The summed E-state index contributed by atoms with van der Waals surface area (Å²) in [7, 11) is 0. The number of carbonyl (C=O) groups excluding carboxylic acids is 1. The molecule has 3 fully saturated rings. The number of fused-ring (bicyclic) bond motifs is 1. The van der Waals surface area contributed by atoms with Gasteiger partial charge in [-0.3, -0.25) is 0 Å². The second kappa shape index (κ2) is 25.3. The quantitative estimate of drug-likeness (QED) is 0.0678. The zero-order chi connectivity index (χ0) is 49.6. The van der Waals surface area contributed by atoms with E-state index < -0.39 is 72.8 Å². The molecule has 7 aromatic rings. The highest BCUT2D eigenvalue weighted by Gasteiger charge is 2.57. The lowest BCUT2D eigenvalue weighted by Gasteiger charge is -2.51. The van der Waals surface area contributed by atoms with E-state index in [1.54, 1.807) is 24.3 Å². The highest BCUT2D eigenvalue weighted by atomic mass is 32.2. The summed E-state index contributed by atoms with van der Waals surface area (Å²) in [5.41, 5.74) is 5.40. The Morgan fingerprint density at radius 3 is 1.60 bits per heavy atom. The Labute approximate surface area is 431 Å². The fourth-order valence-electron chi connectivity index (χ4n) is 9.23. The van der Waals surface area contributed by atoms with Crippen LogP contribution >= 0.6 is 11.8 Å². The summed E-state index contributed by atoms with van der Waals surface area (Å²) >= 11 is 1.44. The zero-order valence-electron chi connectivity index (χ0n) is 40.6. The third kappa shape index (κ3) is 13.4. The second-order valence-electron chi connectivity index (χ2n) is 18.3. The summed E-state index contributed by atoms with van der Waals surface area (Å²) < 4.78 is 69.4. The number of carbonyl (C=O) groups is 1. The van der Waals surface area contributed by atoms with Crippen LogP contribution in [0.4, 0.5) is 0 Å². The third-order valence-corrected chi connectivity index (χ3v) is 14.2. The standard InChI is InChI=1S/C61H60O11S/c1-42-32-34-49(35-33-42)73-61-57(70-58(62)47-28-16-6-17-29-47)55(53-51(69-61)41-67-59(71-53)48-30-18-7-19-31-48)72-60-56(66-39-46-26-14-5-15-27-46)54(65-38-45-24-12-4-13-25-45)52(64-37-44-22-10-3-11-23-44)50(68-60)40-63-36-43-20-8-2-9-21-43/h2-35,50-57,59-61H,36-41H2,1H3/t50-,51-,52+,53+,54+,55+,56-,57-,59?,60-,61+/m1/s1. The highest BCUT2D eigenvalue weighted by molar-refractivity contribution is 7.99. The van der Waals surface area contributed by atoms with Crippen LogP contribution in [0.5, 0.6) is 0 Å². The van der Waals surface area contributed by atoms with Gasteiger partial charge >= 0.3 is 5.97 Å². The van der Waals surface area contributed by atoms with E-state index in [0.29, 0.717) is 12.2 Å². The molecule has 3 aliphatic rings. The lowest BCUT2D eigenvalue weighted by atomic mass is 9.95. The fraction of sp³-hybridized carbons (Fsp3) is 0.295. The smallest absolute Gasteiger partial charge is 0.338 e. The number of ether oxygens (including phenoxy) is 10. The number of benzene rings is 7. The first-order chi connectivity index (χ1) is 36.0. The van der Waals surface area contributed by atoms with E-state index >= 15 is 0 Å². The van der Waals surface area contributed by atoms with Gasteiger partial charge in [0.2, 0.25) is 0 Å². The molecule has 3 heterocycles. The summed E-state index contributed by atoms with van der Waals surface area (Å²) in [6.45, 7) is 3.35. The molecule has 73 heavy (non-hydrogen) atoms. The molecule has 11 nitrogen and oxygen atoms in total. The van der Waals surface area contributed by atoms with E-state index in [9.17, 15) is 4.79 Å². The summed E-state index contributed by atoms with van der Waals surface area (Å²) in [6, 6.07) is 66.8.